The second-order valence-electron chi connectivity index (χ2n) is 7.62. The molecule has 0 aliphatic heterocycles. The van der Waals surface area contributed by atoms with Gasteiger partial charge in [-0.2, -0.15) is 0 Å². The number of ether oxygens (including phenoxy) is 1. The molecule has 1 fully saturated rings. The van der Waals surface area contributed by atoms with Crippen LogP contribution in [0, 0.1) is 0 Å². The lowest BCUT2D eigenvalue weighted by Crippen LogP contribution is -2.39. The van der Waals surface area contributed by atoms with Crippen LogP contribution in [0.5, 0.6) is 5.75 Å². The molecule has 0 saturated heterocycles. The van der Waals surface area contributed by atoms with Crippen LogP contribution in [-0.2, 0) is 10.0 Å². The molecule has 0 aromatic carbocycles. The number of methoxy groups -OCH3 is 1. The Bertz CT molecular complexity index is 1160. The Morgan fingerprint density at radius 3 is 2.60 bits per heavy atom. The maximum absolute atomic E-state index is 11.4. The van der Waals surface area contributed by atoms with Gasteiger partial charge >= 0.3 is 0 Å². The van der Waals surface area contributed by atoms with Gasteiger partial charge < -0.3 is 15.0 Å². The van der Waals surface area contributed by atoms with Crippen LogP contribution in [0.3, 0.4) is 0 Å². The minimum absolute atomic E-state index is 0.00497. The van der Waals surface area contributed by atoms with Crippen LogP contribution >= 0.6 is 11.6 Å². The fourth-order valence-electron chi connectivity index (χ4n) is 3.93. The van der Waals surface area contributed by atoms with Crippen molar-refractivity contribution in [2.45, 2.75) is 37.8 Å². The number of sulfonamides is 1. The van der Waals surface area contributed by atoms with Gasteiger partial charge in [-0.15, -0.1) is 0 Å². The van der Waals surface area contributed by atoms with E-state index in [0.717, 1.165) is 47.8 Å². The van der Waals surface area contributed by atoms with Crippen LogP contribution < -0.4 is 14.8 Å². The molecule has 3 aromatic rings. The number of aromatic nitrogens is 3. The summed E-state index contributed by atoms with van der Waals surface area (Å²) in [5.41, 5.74) is 2.65. The third-order valence-corrected chi connectivity index (χ3v) is 6.26. The highest BCUT2D eigenvalue weighted by Gasteiger charge is 2.23. The standard InChI is InChI=1S/C20H24ClN5O3S/c1-29-15-9-16-17(11-23-20(16)22-10-15)12-7-18(21)25-19(8-12)24-13-3-5-14(6-4-13)26-30(2,27)28/h7-11,13-14,26H,3-6H2,1-2H3,(H,22,23)(H,24,25). The Labute approximate surface area is 180 Å². The second-order valence-corrected chi connectivity index (χ2v) is 9.79. The molecule has 8 nitrogen and oxygen atoms in total. The third kappa shape index (κ3) is 4.85. The van der Waals surface area contributed by atoms with Gasteiger partial charge in [-0.1, -0.05) is 11.6 Å². The van der Waals surface area contributed by atoms with Crippen molar-refractivity contribution in [2.75, 3.05) is 18.7 Å². The van der Waals surface area contributed by atoms with Crippen LogP contribution in [0.25, 0.3) is 22.2 Å². The fourth-order valence-corrected chi connectivity index (χ4v) is 4.98. The van der Waals surface area contributed by atoms with Crippen molar-refractivity contribution >= 4 is 38.5 Å². The molecule has 10 heteroatoms. The van der Waals surface area contributed by atoms with E-state index in [1.54, 1.807) is 13.3 Å². The predicted molar refractivity (Wildman–Crippen MR) is 119 cm³/mol. The van der Waals surface area contributed by atoms with Gasteiger partial charge in [0.15, 0.2) is 0 Å². The summed E-state index contributed by atoms with van der Waals surface area (Å²) in [4.78, 5) is 12.0. The number of rotatable bonds is 6. The lowest BCUT2D eigenvalue weighted by atomic mass is 9.92. The molecule has 30 heavy (non-hydrogen) atoms. The van der Waals surface area contributed by atoms with E-state index < -0.39 is 10.0 Å². The zero-order valence-electron chi connectivity index (χ0n) is 16.8. The number of nitrogens with one attached hydrogen (secondary N) is 3. The molecule has 1 aliphatic rings. The monoisotopic (exact) mass is 449 g/mol. The molecule has 0 unspecified atom stereocenters. The van der Waals surface area contributed by atoms with Gasteiger partial charge in [-0.25, -0.2) is 23.1 Å². The number of pyridine rings is 2. The largest absolute Gasteiger partial charge is 0.495 e. The van der Waals surface area contributed by atoms with E-state index in [-0.39, 0.29) is 12.1 Å². The molecule has 0 amide bonds. The Balaban J connectivity index is 1.52. The lowest BCUT2D eigenvalue weighted by molar-refractivity contribution is 0.387. The number of aromatic amines is 1. The minimum Gasteiger partial charge on any atom is -0.495 e. The van der Waals surface area contributed by atoms with Gasteiger partial charge in [0, 0.05) is 29.2 Å². The Kier molecular flexibility index (Phi) is 5.86. The zero-order chi connectivity index (χ0) is 21.3. The highest BCUT2D eigenvalue weighted by Crippen LogP contribution is 2.33. The van der Waals surface area contributed by atoms with E-state index in [0.29, 0.717) is 16.7 Å². The predicted octanol–water partition coefficient (Wildman–Crippen LogP) is 3.56. The number of anilines is 1. The average molecular weight is 450 g/mol. The second kappa shape index (κ2) is 8.41. The Morgan fingerprint density at radius 2 is 1.90 bits per heavy atom. The fraction of sp³-hybridized carbons (Fsp3) is 0.400. The minimum atomic E-state index is -3.18. The summed E-state index contributed by atoms with van der Waals surface area (Å²) < 4.78 is 30.8. The van der Waals surface area contributed by atoms with Gasteiger partial charge in [0.25, 0.3) is 0 Å². The molecule has 3 heterocycles. The van der Waals surface area contributed by atoms with Gasteiger partial charge in [-0.3, -0.25) is 0 Å². The Morgan fingerprint density at radius 1 is 1.17 bits per heavy atom. The molecule has 4 rings (SSSR count). The van der Waals surface area contributed by atoms with Crippen molar-refractivity contribution in [1.29, 1.82) is 0 Å². The number of fused-ring (bicyclic) bond motifs is 1. The summed E-state index contributed by atoms with van der Waals surface area (Å²) in [6.07, 6.45) is 8.04. The topological polar surface area (TPSA) is 109 Å². The summed E-state index contributed by atoms with van der Waals surface area (Å²) >= 11 is 6.31. The van der Waals surface area contributed by atoms with Crippen molar-refractivity contribution < 1.29 is 13.2 Å². The van der Waals surface area contributed by atoms with Crippen molar-refractivity contribution in [3.05, 3.63) is 35.7 Å². The first-order valence-electron chi connectivity index (χ1n) is 9.73. The van der Waals surface area contributed by atoms with Crippen LogP contribution in [0.15, 0.2) is 30.6 Å². The van der Waals surface area contributed by atoms with Gasteiger partial charge in [0.1, 0.15) is 22.4 Å². The third-order valence-electron chi connectivity index (χ3n) is 5.31. The molecule has 3 aromatic heterocycles. The first-order chi connectivity index (χ1) is 14.3. The van der Waals surface area contributed by atoms with E-state index in [9.17, 15) is 8.42 Å². The molecule has 1 aliphatic carbocycles. The smallest absolute Gasteiger partial charge is 0.208 e. The van der Waals surface area contributed by atoms with E-state index in [4.69, 9.17) is 16.3 Å². The molecule has 0 atom stereocenters. The molecular formula is C20H24ClN5O3S. The number of H-pyrrole nitrogens is 1. The number of halogens is 1. The normalized spacial score (nSPS) is 19.7. The maximum atomic E-state index is 11.4. The van der Waals surface area contributed by atoms with Crippen molar-refractivity contribution in [3.63, 3.8) is 0 Å². The maximum Gasteiger partial charge on any atom is 0.208 e. The summed E-state index contributed by atoms with van der Waals surface area (Å²) in [6, 6.07) is 5.93. The van der Waals surface area contributed by atoms with Crippen molar-refractivity contribution in [1.82, 2.24) is 19.7 Å². The molecule has 0 spiro atoms. The first kappa shape index (κ1) is 20.9. The summed E-state index contributed by atoms with van der Waals surface area (Å²) in [7, 11) is -1.56. The molecule has 3 N–H and O–H groups in total. The summed E-state index contributed by atoms with van der Waals surface area (Å²) in [5, 5.41) is 4.79. The molecule has 1 saturated carbocycles. The van der Waals surface area contributed by atoms with Crippen LogP contribution in [0.2, 0.25) is 5.15 Å². The Hall–Kier alpha value is -2.36. The van der Waals surface area contributed by atoms with Gasteiger partial charge in [-0.05, 0) is 49.4 Å². The van der Waals surface area contributed by atoms with E-state index in [2.05, 4.69) is 25.0 Å². The molecule has 0 radical (unpaired) electrons. The van der Waals surface area contributed by atoms with E-state index >= 15 is 0 Å². The quantitative estimate of drug-likeness (QED) is 0.496. The number of hydrogen-bond acceptors (Lipinski definition) is 6. The van der Waals surface area contributed by atoms with Crippen molar-refractivity contribution in [2.24, 2.45) is 0 Å². The average Bonchev–Trinajstić information content (AvgIpc) is 3.11. The van der Waals surface area contributed by atoms with Crippen molar-refractivity contribution in [3.8, 4) is 16.9 Å². The van der Waals surface area contributed by atoms with Crippen LogP contribution in [0.4, 0.5) is 5.82 Å². The number of nitrogens with zero attached hydrogens (tertiary/aromatic N) is 2. The molecule has 160 valence electrons. The lowest BCUT2D eigenvalue weighted by Gasteiger charge is -2.29. The van der Waals surface area contributed by atoms with Crippen LogP contribution in [0.1, 0.15) is 25.7 Å². The highest BCUT2D eigenvalue weighted by atomic mass is 35.5. The highest BCUT2D eigenvalue weighted by molar-refractivity contribution is 7.88. The summed E-state index contributed by atoms with van der Waals surface area (Å²) in [5.74, 6) is 1.38. The van der Waals surface area contributed by atoms with E-state index in [1.807, 2.05) is 24.4 Å². The van der Waals surface area contributed by atoms with Gasteiger partial charge in [0.05, 0.1) is 19.6 Å². The molecular weight excluding hydrogens is 426 g/mol. The van der Waals surface area contributed by atoms with Gasteiger partial charge in [0.2, 0.25) is 10.0 Å². The number of hydrogen-bond donors (Lipinski definition) is 3. The molecule has 0 bridgehead atoms. The summed E-state index contributed by atoms with van der Waals surface area (Å²) in [6.45, 7) is 0. The SMILES string of the molecule is COc1cnc2[nH]cc(-c3cc(Cl)nc(NC4CCC(NS(C)(=O)=O)CC4)c3)c2c1. The van der Waals surface area contributed by atoms with E-state index in [1.165, 1.54) is 6.26 Å². The first-order valence-corrected chi connectivity index (χ1v) is 12.0. The van der Waals surface area contributed by atoms with Crippen LogP contribution in [-0.4, -0.2) is 48.8 Å². The zero-order valence-corrected chi connectivity index (χ0v) is 18.3.